The van der Waals surface area contributed by atoms with Gasteiger partial charge in [0.05, 0.1) is 19.0 Å². The fraction of sp³-hybridized carbons (Fsp3) is 0.722. The van der Waals surface area contributed by atoms with Gasteiger partial charge in [0, 0.05) is 19.6 Å². The van der Waals surface area contributed by atoms with Crippen molar-refractivity contribution in [3.05, 3.63) is 11.6 Å². The van der Waals surface area contributed by atoms with Gasteiger partial charge >= 0.3 is 6.18 Å². The average molecular weight is 434 g/mol. The van der Waals surface area contributed by atoms with Crippen LogP contribution in [-0.2, 0) is 16.1 Å². The summed E-state index contributed by atoms with van der Waals surface area (Å²) >= 11 is 0.971. The summed E-state index contributed by atoms with van der Waals surface area (Å²) in [6, 6.07) is 0. The number of carbonyl (C=O) groups excluding carboxylic acids is 1. The van der Waals surface area contributed by atoms with Gasteiger partial charge in [-0.2, -0.15) is 13.2 Å². The Bertz CT molecular complexity index is 717. The summed E-state index contributed by atoms with van der Waals surface area (Å²) in [5.74, 6) is -0.0586. The number of amides is 1. The minimum atomic E-state index is -4.41. The molecule has 1 aromatic rings. The minimum Gasteiger partial charge on any atom is -0.378 e. The SMILES string of the molecule is O=C(CSc1nnc(N2CCOCC2)n1CC(F)(F)F)NCCC1=CCCCC1. The van der Waals surface area contributed by atoms with Crippen LogP contribution in [0.15, 0.2) is 16.8 Å². The molecule has 1 fully saturated rings. The number of carbonyl (C=O) groups is 1. The summed E-state index contributed by atoms with van der Waals surface area (Å²) in [5.41, 5.74) is 1.37. The second kappa shape index (κ2) is 10.3. The summed E-state index contributed by atoms with van der Waals surface area (Å²) in [5, 5.41) is 10.8. The molecule has 0 unspecified atom stereocenters. The van der Waals surface area contributed by atoms with Crippen LogP contribution in [0.4, 0.5) is 19.1 Å². The molecule has 7 nitrogen and oxygen atoms in total. The molecule has 0 radical (unpaired) electrons. The third kappa shape index (κ3) is 6.91. The standard InChI is InChI=1S/C18H26F3N5O2S/c19-18(20,21)13-26-16(25-8-10-28-11-9-25)23-24-17(26)29-12-15(27)22-7-6-14-4-2-1-3-5-14/h4H,1-3,5-13H2,(H,22,27). The minimum absolute atomic E-state index is 0.00184. The van der Waals surface area contributed by atoms with E-state index in [4.69, 9.17) is 4.74 Å². The summed E-state index contributed by atoms with van der Waals surface area (Å²) in [7, 11) is 0. The van der Waals surface area contributed by atoms with Gasteiger partial charge in [0.25, 0.3) is 0 Å². The van der Waals surface area contributed by atoms with Gasteiger partial charge in [0.1, 0.15) is 6.54 Å². The van der Waals surface area contributed by atoms with Crippen LogP contribution in [0.3, 0.4) is 0 Å². The molecule has 1 saturated heterocycles. The van der Waals surface area contributed by atoms with Crippen molar-refractivity contribution in [3.63, 3.8) is 0 Å². The Hall–Kier alpha value is -1.75. The lowest BCUT2D eigenvalue weighted by Crippen LogP contribution is -2.38. The largest absolute Gasteiger partial charge is 0.406 e. The molecule has 1 aliphatic carbocycles. The first-order valence-electron chi connectivity index (χ1n) is 9.82. The molecule has 1 aliphatic heterocycles. The maximum absolute atomic E-state index is 13.1. The molecule has 0 atom stereocenters. The monoisotopic (exact) mass is 433 g/mol. The molecule has 29 heavy (non-hydrogen) atoms. The molecule has 2 aliphatic rings. The summed E-state index contributed by atoms with van der Waals surface area (Å²) in [6.07, 6.45) is 3.23. The van der Waals surface area contributed by atoms with E-state index in [1.165, 1.54) is 18.4 Å². The van der Waals surface area contributed by atoms with Gasteiger partial charge in [0.15, 0.2) is 5.16 Å². The Morgan fingerprint density at radius 1 is 1.24 bits per heavy atom. The van der Waals surface area contributed by atoms with E-state index in [1.54, 1.807) is 4.90 Å². The second-order valence-corrected chi connectivity index (χ2v) is 8.02. The molecule has 3 rings (SSSR count). The number of thioether (sulfide) groups is 1. The lowest BCUT2D eigenvalue weighted by Gasteiger charge is -2.28. The molecular formula is C18H26F3N5O2S. The van der Waals surface area contributed by atoms with Crippen molar-refractivity contribution < 1.29 is 22.7 Å². The number of halogens is 3. The maximum Gasteiger partial charge on any atom is 0.406 e. The Labute approximate surface area is 172 Å². The molecule has 1 amide bonds. The first kappa shape index (κ1) is 21.9. The third-order valence-electron chi connectivity index (χ3n) is 4.81. The van der Waals surface area contributed by atoms with Gasteiger partial charge in [-0.25, -0.2) is 0 Å². The normalized spacial score (nSPS) is 17.9. The zero-order chi connectivity index (χ0) is 20.7. The van der Waals surface area contributed by atoms with Crippen molar-refractivity contribution in [2.24, 2.45) is 0 Å². The first-order chi connectivity index (χ1) is 13.9. The highest BCUT2D eigenvalue weighted by Crippen LogP contribution is 2.27. The zero-order valence-corrected chi connectivity index (χ0v) is 17.0. The van der Waals surface area contributed by atoms with Crippen LogP contribution in [-0.4, -0.2) is 65.4 Å². The summed E-state index contributed by atoms with van der Waals surface area (Å²) in [4.78, 5) is 13.8. The van der Waals surface area contributed by atoms with E-state index < -0.39 is 12.7 Å². The second-order valence-electron chi connectivity index (χ2n) is 7.08. The van der Waals surface area contributed by atoms with Crippen LogP contribution in [0.5, 0.6) is 0 Å². The number of hydrogen-bond donors (Lipinski definition) is 1. The number of morpholine rings is 1. The molecule has 0 bridgehead atoms. The number of anilines is 1. The van der Waals surface area contributed by atoms with Gasteiger partial charge in [-0.3, -0.25) is 9.36 Å². The molecule has 162 valence electrons. The van der Waals surface area contributed by atoms with Crippen molar-refractivity contribution >= 4 is 23.6 Å². The van der Waals surface area contributed by atoms with Crippen LogP contribution >= 0.6 is 11.8 Å². The smallest absolute Gasteiger partial charge is 0.378 e. The molecule has 0 aromatic carbocycles. The number of rotatable bonds is 8. The Kier molecular flexibility index (Phi) is 7.82. The van der Waals surface area contributed by atoms with E-state index in [0.29, 0.717) is 32.8 Å². The number of nitrogens with zero attached hydrogens (tertiary/aromatic N) is 4. The number of ether oxygens (including phenoxy) is 1. The number of hydrogen-bond acceptors (Lipinski definition) is 6. The van der Waals surface area contributed by atoms with E-state index in [1.807, 2.05) is 0 Å². The van der Waals surface area contributed by atoms with E-state index >= 15 is 0 Å². The fourth-order valence-corrected chi connectivity index (χ4v) is 4.14. The van der Waals surface area contributed by atoms with Gasteiger partial charge in [-0.1, -0.05) is 23.4 Å². The van der Waals surface area contributed by atoms with Gasteiger partial charge in [-0.05, 0) is 32.1 Å². The Balaban J connectivity index is 1.55. The molecule has 1 N–H and O–H groups in total. The predicted molar refractivity (Wildman–Crippen MR) is 104 cm³/mol. The van der Waals surface area contributed by atoms with Crippen LogP contribution in [0.1, 0.15) is 32.1 Å². The summed E-state index contributed by atoms with van der Waals surface area (Å²) in [6.45, 7) is 1.12. The summed E-state index contributed by atoms with van der Waals surface area (Å²) < 4.78 is 45.5. The van der Waals surface area contributed by atoms with Crippen molar-refractivity contribution in [2.75, 3.05) is 43.5 Å². The highest BCUT2D eigenvalue weighted by atomic mass is 32.2. The van der Waals surface area contributed by atoms with E-state index in [9.17, 15) is 18.0 Å². The van der Waals surface area contributed by atoms with Gasteiger partial charge in [-0.15, -0.1) is 10.2 Å². The lowest BCUT2D eigenvalue weighted by molar-refractivity contribution is -0.141. The lowest BCUT2D eigenvalue weighted by atomic mass is 9.97. The highest BCUT2D eigenvalue weighted by molar-refractivity contribution is 7.99. The van der Waals surface area contributed by atoms with Gasteiger partial charge in [0.2, 0.25) is 11.9 Å². The predicted octanol–water partition coefficient (Wildman–Crippen LogP) is 2.78. The van der Waals surface area contributed by atoms with Crippen molar-refractivity contribution in [2.45, 2.75) is 50.0 Å². The third-order valence-corrected chi connectivity index (χ3v) is 5.78. The van der Waals surface area contributed by atoms with Crippen LogP contribution in [0, 0.1) is 0 Å². The highest BCUT2D eigenvalue weighted by Gasteiger charge is 2.33. The molecular weight excluding hydrogens is 407 g/mol. The molecule has 0 saturated carbocycles. The quantitative estimate of drug-likeness (QED) is 0.502. The average Bonchev–Trinajstić information content (AvgIpc) is 3.08. The molecule has 0 spiro atoms. The van der Waals surface area contributed by atoms with E-state index in [2.05, 4.69) is 21.6 Å². The molecule has 11 heteroatoms. The molecule has 2 heterocycles. The van der Waals surface area contributed by atoms with Crippen molar-refractivity contribution in [3.8, 4) is 0 Å². The van der Waals surface area contributed by atoms with E-state index in [-0.39, 0.29) is 22.8 Å². The maximum atomic E-state index is 13.1. The topological polar surface area (TPSA) is 72.3 Å². The van der Waals surface area contributed by atoms with Crippen LogP contribution in [0.2, 0.25) is 0 Å². The fourth-order valence-electron chi connectivity index (χ4n) is 3.38. The van der Waals surface area contributed by atoms with Crippen LogP contribution in [0.25, 0.3) is 0 Å². The Morgan fingerprint density at radius 3 is 2.72 bits per heavy atom. The van der Waals surface area contributed by atoms with Crippen LogP contribution < -0.4 is 10.2 Å². The number of allylic oxidation sites excluding steroid dienone is 1. The number of nitrogens with one attached hydrogen (secondary N) is 1. The first-order valence-corrected chi connectivity index (χ1v) is 10.8. The van der Waals surface area contributed by atoms with Crippen molar-refractivity contribution in [1.29, 1.82) is 0 Å². The van der Waals surface area contributed by atoms with Gasteiger partial charge < -0.3 is 15.0 Å². The van der Waals surface area contributed by atoms with E-state index in [0.717, 1.165) is 35.6 Å². The zero-order valence-electron chi connectivity index (χ0n) is 16.2. The number of aromatic nitrogens is 3. The van der Waals surface area contributed by atoms with Crippen molar-refractivity contribution in [1.82, 2.24) is 20.1 Å². The Morgan fingerprint density at radius 2 is 2.03 bits per heavy atom. The molecule has 1 aromatic heterocycles. The number of alkyl halides is 3.